The Bertz CT molecular complexity index is 32.7. The van der Waals surface area contributed by atoms with E-state index in [4.69, 9.17) is 13.0 Å². The van der Waals surface area contributed by atoms with Crippen molar-refractivity contribution < 1.29 is 5.11 Å². The largest absolute Gasteiger partial charge is 0.396 e. The number of aliphatic hydroxyl groups is 1. The first kappa shape index (κ1) is 6.33. The van der Waals surface area contributed by atoms with E-state index in [-0.39, 0.29) is 6.61 Å². The molecule has 0 heterocycles. The van der Waals surface area contributed by atoms with Gasteiger partial charge in [-0.1, -0.05) is 0 Å². The molecule has 2 N–H and O–H groups in total. The molecular formula is C2H6BNOS. The van der Waals surface area contributed by atoms with Crippen LogP contribution in [0.3, 0.4) is 0 Å². The maximum atomic E-state index is 8.10. The fourth-order valence-electron chi connectivity index (χ4n) is 0.0408. The van der Waals surface area contributed by atoms with E-state index in [1.807, 2.05) is 0 Å². The van der Waals surface area contributed by atoms with Gasteiger partial charge in [0.05, 0.1) is 14.5 Å². The molecule has 0 aliphatic carbocycles. The van der Waals surface area contributed by atoms with Crippen LogP contribution in [0.25, 0.3) is 0 Å². The van der Waals surface area contributed by atoms with Crippen LogP contribution in [0.1, 0.15) is 0 Å². The molecule has 4 heteroatoms. The predicted octanol–water partition coefficient (Wildman–Crippen LogP) is -1.09. The monoisotopic (exact) mass is 103 g/mol. The van der Waals surface area contributed by atoms with E-state index in [1.54, 1.807) is 0 Å². The standard InChI is InChI=1S/C2H6BNOS/c3-2(1-5)4-6/h2,4-6H,1H2. The van der Waals surface area contributed by atoms with Gasteiger partial charge >= 0.3 is 0 Å². The summed E-state index contributed by atoms with van der Waals surface area (Å²) in [6, 6.07) is 0. The second kappa shape index (κ2) is 3.52. The van der Waals surface area contributed by atoms with Gasteiger partial charge in [-0.3, -0.25) is 4.72 Å². The maximum Gasteiger partial charge on any atom is 0.0951 e. The van der Waals surface area contributed by atoms with Crippen LogP contribution in [0, 0.1) is 0 Å². The zero-order valence-corrected chi connectivity index (χ0v) is 4.15. The lowest BCUT2D eigenvalue weighted by atomic mass is 10.00. The topological polar surface area (TPSA) is 32.3 Å². The second-order valence-electron chi connectivity index (χ2n) is 0.918. The van der Waals surface area contributed by atoms with E-state index in [2.05, 4.69) is 17.5 Å². The summed E-state index contributed by atoms with van der Waals surface area (Å²) in [6.45, 7) is -0.0799. The minimum Gasteiger partial charge on any atom is -0.396 e. The van der Waals surface area contributed by atoms with E-state index in [1.165, 1.54) is 0 Å². The van der Waals surface area contributed by atoms with Crippen molar-refractivity contribution >= 4 is 20.7 Å². The maximum absolute atomic E-state index is 8.10. The molecule has 0 aliphatic heterocycles. The number of hydrogen-bond donors (Lipinski definition) is 3. The summed E-state index contributed by atoms with van der Waals surface area (Å²) in [5.41, 5.74) is 0. The SMILES string of the molecule is [B]C(CO)NS. The molecule has 34 valence electrons. The molecule has 0 saturated heterocycles. The zero-order chi connectivity index (χ0) is 4.99. The van der Waals surface area contributed by atoms with Crippen LogP contribution in [0.4, 0.5) is 0 Å². The van der Waals surface area contributed by atoms with E-state index < -0.39 is 5.94 Å². The smallest absolute Gasteiger partial charge is 0.0951 e. The zero-order valence-electron chi connectivity index (χ0n) is 3.26. The summed E-state index contributed by atoms with van der Waals surface area (Å²) in [4.78, 5) is 0. The molecule has 0 aromatic carbocycles. The summed E-state index contributed by atoms with van der Waals surface area (Å²) in [5, 5.41) is 8.10. The van der Waals surface area contributed by atoms with Crippen molar-refractivity contribution in [1.29, 1.82) is 0 Å². The minimum absolute atomic E-state index is 0.0799. The van der Waals surface area contributed by atoms with Gasteiger partial charge in [0.25, 0.3) is 0 Å². The van der Waals surface area contributed by atoms with Crippen LogP contribution in [0.2, 0.25) is 0 Å². The first-order chi connectivity index (χ1) is 2.81. The number of aliphatic hydroxyl groups excluding tert-OH is 1. The van der Waals surface area contributed by atoms with E-state index in [0.29, 0.717) is 0 Å². The fraction of sp³-hybridized carbons (Fsp3) is 1.00. The lowest BCUT2D eigenvalue weighted by Gasteiger charge is -2.00. The molecule has 0 spiro atoms. The van der Waals surface area contributed by atoms with Gasteiger partial charge in [0.15, 0.2) is 0 Å². The molecule has 1 unspecified atom stereocenters. The first-order valence-electron chi connectivity index (χ1n) is 1.57. The first-order valence-corrected chi connectivity index (χ1v) is 2.02. The number of nitrogens with one attached hydrogen (secondary N) is 1. The van der Waals surface area contributed by atoms with Gasteiger partial charge in [-0.05, 0) is 0 Å². The molecule has 0 bridgehead atoms. The fourth-order valence-corrected chi connectivity index (χ4v) is 0.122. The number of thiol groups is 1. The molecule has 0 rings (SSSR count). The summed E-state index contributed by atoms with van der Waals surface area (Å²) in [7, 11) is 5.03. The molecule has 0 aliphatic rings. The Morgan fingerprint density at radius 3 is 2.50 bits per heavy atom. The third-order valence-electron chi connectivity index (χ3n) is 0.363. The quantitative estimate of drug-likeness (QED) is 0.306. The highest BCUT2D eigenvalue weighted by atomic mass is 32.1. The highest BCUT2D eigenvalue weighted by Gasteiger charge is 1.89. The Kier molecular flexibility index (Phi) is 3.72. The molecular weight excluding hydrogens is 96.9 g/mol. The van der Waals surface area contributed by atoms with Gasteiger partial charge in [-0.15, -0.1) is 12.8 Å². The number of rotatable bonds is 2. The number of hydrogen-bond acceptors (Lipinski definition) is 3. The van der Waals surface area contributed by atoms with E-state index >= 15 is 0 Å². The average molecular weight is 103 g/mol. The van der Waals surface area contributed by atoms with E-state index in [9.17, 15) is 0 Å². The van der Waals surface area contributed by atoms with Gasteiger partial charge in [0, 0.05) is 5.94 Å². The van der Waals surface area contributed by atoms with Crippen molar-refractivity contribution in [2.75, 3.05) is 6.61 Å². The van der Waals surface area contributed by atoms with Crippen LogP contribution < -0.4 is 4.72 Å². The van der Waals surface area contributed by atoms with Gasteiger partial charge in [0.2, 0.25) is 0 Å². The third kappa shape index (κ3) is 2.57. The molecule has 0 saturated carbocycles. The van der Waals surface area contributed by atoms with Gasteiger partial charge in [-0.2, -0.15) is 0 Å². The third-order valence-corrected chi connectivity index (χ3v) is 0.694. The molecule has 0 aromatic rings. The van der Waals surface area contributed by atoms with Gasteiger partial charge in [0.1, 0.15) is 0 Å². The highest BCUT2D eigenvalue weighted by Crippen LogP contribution is 1.69. The van der Waals surface area contributed by atoms with Crippen molar-refractivity contribution in [3.63, 3.8) is 0 Å². The van der Waals surface area contributed by atoms with Crippen molar-refractivity contribution in [2.24, 2.45) is 0 Å². The van der Waals surface area contributed by atoms with Crippen molar-refractivity contribution in [1.82, 2.24) is 4.72 Å². The Balaban J connectivity index is 2.75. The van der Waals surface area contributed by atoms with Crippen molar-refractivity contribution in [3.05, 3.63) is 0 Å². The average Bonchev–Trinajstić information content (AvgIpc) is 1.65. The van der Waals surface area contributed by atoms with Crippen LogP contribution in [0.15, 0.2) is 0 Å². The summed E-state index contributed by atoms with van der Waals surface area (Å²) in [5.74, 6) is -0.395. The van der Waals surface area contributed by atoms with E-state index in [0.717, 1.165) is 0 Å². The molecule has 6 heavy (non-hydrogen) atoms. The summed E-state index contributed by atoms with van der Waals surface area (Å²) in [6.07, 6.45) is 0. The van der Waals surface area contributed by atoms with Crippen LogP contribution >= 0.6 is 12.8 Å². The normalized spacial score (nSPS) is 14.3. The Morgan fingerprint density at radius 1 is 2.00 bits per heavy atom. The minimum atomic E-state index is -0.395. The van der Waals surface area contributed by atoms with Crippen molar-refractivity contribution in [3.8, 4) is 0 Å². The lowest BCUT2D eigenvalue weighted by Crippen LogP contribution is -2.24. The predicted molar refractivity (Wildman–Crippen MR) is 28.7 cm³/mol. The van der Waals surface area contributed by atoms with Crippen molar-refractivity contribution in [2.45, 2.75) is 5.94 Å². The van der Waals surface area contributed by atoms with Crippen LogP contribution in [0.5, 0.6) is 0 Å². The highest BCUT2D eigenvalue weighted by molar-refractivity contribution is 7.78. The molecule has 2 nitrogen and oxygen atoms in total. The van der Waals surface area contributed by atoms with Gasteiger partial charge < -0.3 is 5.11 Å². The molecule has 2 radical (unpaired) electrons. The van der Waals surface area contributed by atoms with Crippen LogP contribution in [-0.4, -0.2) is 25.5 Å². The Morgan fingerprint density at radius 2 is 2.50 bits per heavy atom. The summed E-state index contributed by atoms with van der Waals surface area (Å²) >= 11 is 3.56. The van der Waals surface area contributed by atoms with Gasteiger partial charge in [-0.25, -0.2) is 0 Å². The molecule has 1 atom stereocenters. The molecule has 0 fully saturated rings. The lowest BCUT2D eigenvalue weighted by molar-refractivity contribution is 0.290. The second-order valence-corrected chi connectivity index (χ2v) is 1.18. The Labute approximate surface area is 43.9 Å². The Hall–Kier alpha value is 0.335. The summed E-state index contributed by atoms with van der Waals surface area (Å²) < 4.78 is 2.34. The molecule has 0 amide bonds. The van der Waals surface area contributed by atoms with Crippen LogP contribution in [-0.2, 0) is 0 Å². The molecule has 0 aromatic heterocycles.